The predicted octanol–water partition coefficient (Wildman–Crippen LogP) is 2.34. The Morgan fingerprint density at radius 2 is 1.94 bits per heavy atom. The van der Waals surface area contributed by atoms with E-state index in [9.17, 15) is 9.90 Å². The number of aliphatic hydroxyl groups excluding tert-OH is 1. The highest BCUT2D eigenvalue weighted by Gasteiger charge is 2.36. The second kappa shape index (κ2) is 12.9. The third kappa shape index (κ3) is 5.17. The number of anilines is 1. The SMILES string of the molecule is CC1C[C@@H](CCO)O[C@H]1n1cc2c3c(ncnc31)NC(=O)c1sccc1-2.OP.OP.OP. The molecule has 5 rings (SSSR count). The lowest BCUT2D eigenvalue weighted by Gasteiger charge is -2.18. The number of thiophene rings is 1. The van der Waals surface area contributed by atoms with E-state index in [4.69, 9.17) is 19.4 Å². The summed E-state index contributed by atoms with van der Waals surface area (Å²) in [5.41, 5.74) is 2.61. The average molecular weight is 520 g/mol. The molecule has 5 N–H and O–H groups in total. The fourth-order valence-electron chi connectivity index (χ4n) is 4.03. The van der Waals surface area contributed by atoms with Crippen LogP contribution in [0.15, 0.2) is 24.0 Å². The zero-order chi connectivity index (χ0) is 23.8. The molecule has 5 heterocycles. The van der Waals surface area contributed by atoms with E-state index in [0.29, 0.717) is 23.0 Å². The normalized spacial score (nSPS) is 20.5. The van der Waals surface area contributed by atoms with Gasteiger partial charge in [0.1, 0.15) is 28.9 Å². The average Bonchev–Trinajstić information content (AvgIpc) is 3.53. The van der Waals surface area contributed by atoms with Crippen molar-refractivity contribution < 1.29 is 29.3 Å². The van der Waals surface area contributed by atoms with Crippen LogP contribution >= 0.6 is 39.7 Å². The van der Waals surface area contributed by atoms with Crippen LogP contribution < -0.4 is 5.32 Å². The summed E-state index contributed by atoms with van der Waals surface area (Å²) < 4.78 is 8.26. The molecule has 0 spiro atoms. The second-order valence-electron chi connectivity index (χ2n) is 6.86. The van der Waals surface area contributed by atoms with Crippen molar-refractivity contribution in [3.05, 3.63) is 28.8 Å². The molecule has 0 radical (unpaired) electrons. The Hall–Kier alpha value is -1.12. The van der Waals surface area contributed by atoms with Gasteiger partial charge < -0.3 is 34.4 Å². The van der Waals surface area contributed by atoms with Crippen LogP contribution in [0.5, 0.6) is 0 Å². The van der Waals surface area contributed by atoms with E-state index in [1.165, 1.54) is 46.1 Å². The fraction of sp³-hybridized carbons (Fsp3) is 0.389. The predicted molar refractivity (Wildman–Crippen MR) is 134 cm³/mol. The maximum atomic E-state index is 12.5. The highest BCUT2D eigenvalue weighted by atomic mass is 32.1. The highest BCUT2D eigenvalue weighted by Crippen LogP contribution is 2.44. The summed E-state index contributed by atoms with van der Waals surface area (Å²) in [5, 5.41) is 14.9. The van der Waals surface area contributed by atoms with Crippen LogP contribution in [0, 0.1) is 5.92 Å². The third-order valence-corrected chi connectivity index (χ3v) is 6.09. The quantitative estimate of drug-likeness (QED) is 0.331. The van der Waals surface area contributed by atoms with Crippen LogP contribution in [0.1, 0.15) is 35.7 Å². The molecule has 0 bridgehead atoms. The van der Waals surface area contributed by atoms with Gasteiger partial charge in [-0.3, -0.25) is 4.79 Å². The maximum absolute atomic E-state index is 12.5. The molecule has 3 aromatic heterocycles. The van der Waals surface area contributed by atoms with Crippen molar-refractivity contribution in [3.63, 3.8) is 0 Å². The molecule has 10 nitrogen and oxygen atoms in total. The van der Waals surface area contributed by atoms with Gasteiger partial charge >= 0.3 is 0 Å². The van der Waals surface area contributed by atoms with E-state index < -0.39 is 0 Å². The number of aliphatic hydroxyl groups is 1. The zero-order valence-corrected chi connectivity index (χ0v) is 21.5. The summed E-state index contributed by atoms with van der Waals surface area (Å²) in [4.78, 5) is 42.7. The monoisotopic (exact) mass is 520 g/mol. The van der Waals surface area contributed by atoms with E-state index in [2.05, 4.69) is 26.8 Å². The largest absolute Gasteiger partial charge is 0.396 e. The molecular formula is C18H27N4O6P3S. The Bertz CT molecular complexity index is 1030. The molecule has 14 heteroatoms. The summed E-state index contributed by atoms with van der Waals surface area (Å²) in [6.45, 7) is 2.28. The first-order valence-electron chi connectivity index (χ1n) is 9.46. The van der Waals surface area contributed by atoms with Crippen LogP contribution in [-0.2, 0) is 4.74 Å². The van der Waals surface area contributed by atoms with Crippen LogP contribution in [-0.4, -0.2) is 52.9 Å². The minimum atomic E-state index is -0.150. The molecule has 3 aromatic rings. The highest BCUT2D eigenvalue weighted by molar-refractivity contribution is 7.12. The van der Waals surface area contributed by atoms with Crippen molar-refractivity contribution in [1.82, 2.24) is 14.5 Å². The smallest absolute Gasteiger partial charge is 0.267 e. The van der Waals surface area contributed by atoms with Crippen molar-refractivity contribution in [1.29, 1.82) is 0 Å². The molecule has 0 aromatic carbocycles. The number of nitrogens with one attached hydrogen (secondary N) is 1. The Labute approximate surface area is 196 Å². The van der Waals surface area contributed by atoms with Crippen molar-refractivity contribution in [3.8, 4) is 11.1 Å². The van der Waals surface area contributed by atoms with Crippen molar-refractivity contribution in [2.24, 2.45) is 5.92 Å². The second-order valence-corrected chi connectivity index (χ2v) is 7.78. The van der Waals surface area contributed by atoms with Gasteiger partial charge in [-0.05, 0) is 52.7 Å². The lowest BCUT2D eigenvalue weighted by atomic mass is 10.0. The first-order chi connectivity index (χ1) is 15.7. The molecule has 0 saturated carbocycles. The number of nitrogens with zero attached hydrogens (tertiary/aromatic N) is 3. The molecule has 2 aliphatic rings. The topological polar surface area (TPSA) is 150 Å². The fourth-order valence-corrected chi connectivity index (χ4v) is 4.83. The number of hydrogen-bond donors (Lipinski definition) is 5. The van der Waals surface area contributed by atoms with Gasteiger partial charge in [0, 0.05) is 29.8 Å². The minimum Gasteiger partial charge on any atom is -0.396 e. The molecule has 1 fully saturated rings. The van der Waals surface area contributed by atoms with Crippen LogP contribution in [0.2, 0.25) is 0 Å². The Morgan fingerprint density at radius 3 is 2.62 bits per heavy atom. The van der Waals surface area contributed by atoms with E-state index in [1.807, 2.05) is 17.6 Å². The number of ether oxygens (including phenoxy) is 1. The zero-order valence-electron chi connectivity index (χ0n) is 17.3. The number of amides is 1. The third-order valence-electron chi connectivity index (χ3n) is 5.18. The van der Waals surface area contributed by atoms with E-state index in [0.717, 1.165) is 28.6 Å². The summed E-state index contributed by atoms with van der Waals surface area (Å²) in [7, 11) is 4.25. The lowest BCUT2D eigenvalue weighted by Crippen LogP contribution is -2.15. The molecule has 176 valence electrons. The first kappa shape index (κ1) is 27.1. The van der Waals surface area contributed by atoms with Crippen LogP contribution in [0.3, 0.4) is 0 Å². The number of carbonyl (C=O) groups excluding carboxylic acids is 1. The number of rotatable bonds is 3. The Kier molecular flexibility index (Phi) is 11.0. The number of carbonyl (C=O) groups is 1. The van der Waals surface area contributed by atoms with E-state index >= 15 is 0 Å². The Balaban J connectivity index is 0.000000561. The maximum Gasteiger partial charge on any atom is 0.267 e. The summed E-state index contributed by atoms with van der Waals surface area (Å²) >= 11 is 1.42. The first-order valence-corrected chi connectivity index (χ1v) is 11.9. The van der Waals surface area contributed by atoms with Gasteiger partial charge in [0.15, 0.2) is 0 Å². The van der Waals surface area contributed by atoms with Crippen LogP contribution in [0.25, 0.3) is 22.2 Å². The molecule has 6 atom stereocenters. The Morgan fingerprint density at radius 1 is 1.22 bits per heavy atom. The van der Waals surface area contributed by atoms with Gasteiger partial charge in [0.05, 0.1) is 11.5 Å². The molecule has 4 unspecified atom stereocenters. The van der Waals surface area contributed by atoms with Gasteiger partial charge in [-0.1, -0.05) is 6.92 Å². The molecule has 2 aliphatic heterocycles. The van der Waals surface area contributed by atoms with Crippen molar-refractivity contribution in [2.75, 3.05) is 11.9 Å². The number of aromatic nitrogens is 3. The standard InChI is InChI=1S/C18H18N4O3S.3H3OP/c1-9-6-10(2-4-23)25-18(9)22-7-12-11-3-5-26-14(11)17(24)21-15-13(12)16(22)20-8-19-15;3*1-2/h3,5,7-10,18,23H,2,4,6H2,1H3,(H,19,20,21,24);3*1H,2H2/t9?,10-,18-;;;/m1.../s1. The number of hydrogen-bond acceptors (Lipinski definition) is 9. The van der Waals surface area contributed by atoms with E-state index in [1.54, 1.807) is 0 Å². The number of fused-ring (bicyclic) bond motifs is 2. The van der Waals surface area contributed by atoms with Gasteiger partial charge in [-0.25, -0.2) is 9.97 Å². The lowest BCUT2D eigenvalue weighted by molar-refractivity contribution is -0.0160. The van der Waals surface area contributed by atoms with Crippen molar-refractivity contribution in [2.45, 2.75) is 32.1 Å². The molecule has 1 saturated heterocycles. The van der Waals surface area contributed by atoms with Gasteiger partial charge in [-0.15, -0.1) is 11.3 Å². The molecular weight excluding hydrogens is 493 g/mol. The molecule has 32 heavy (non-hydrogen) atoms. The summed E-state index contributed by atoms with van der Waals surface area (Å²) in [5.74, 6) is 0.703. The summed E-state index contributed by atoms with van der Waals surface area (Å²) in [6.07, 6.45) is 4.94. The van der Waals surface area contributed by atoms with Crippen molar-refractivity contribution >= 4 is 62.5 Å². The van der Waals surface area contributed by atoms with E-state index in [-0.39, 0.29) is 24.8 Å². The van der Waals surface area contributed by atoms with Gasteiger partial charge in [0.25, 0.3) is 5.91 Å². The molecule has 1 amide bonds. The summed E-state index contributed by atoms with van der Waals surface area (Å²) in [6, 6.07) is 1.97. The molecule has 0 aliphatic carbocycles. The van der Waals surface area contributed by atoms with Gasteiger partial charge in [-0.2, -0.15) is 0 Å². The van der Waals surface area contributed by atoms with Crippen LogP contribution in [0.4, 0.5) is 5.82 Å². The van der Waals surface area contributed by atoms with Gasteiger partial charge in [0.2, 0.25) is 0 Å². The minimum absolute atomic E-state index is 0.0477.